The SMILES string of the molecule is NC1CCC(S(=O)c2ccccc2Br)CC1. The normalized spacial score (nSPS) is 27.6. The molecule has 0 spiro atoms. The van der Waals surface area contributed by atoms with Gasteiger partial charge in [0.15, 0.2) is 0 Å². The van der Waals surface area contributed by atoms with Crippen LogP contribution in [0, 0.1) is 0 Å². The Morgan fingerprint density at radius 2 is 1.81 bits per heavy atom. The Morgan fingerprint density at radius 1 is 1.19 bits per heavy atom. The first-order valence-corrected chi connectivity index (χ1v) is 7.60. The molecule has 1 saturated carbocycles. The van der Waals surface area contributed by atoms with Crippen LogP contribution in [0.2, 0.25) is 0 Å². The van der Waals surface area contributed by atoms with E-state index in [-0.39, 0.29) is 5.25 Å². The van der Waals surface area contributed by atoms with Crippen LogP contribution in [0.5, 0.6) is 0 Å². The zero-order valence-electron chi connectivity index (χ0n) is 9.06. The van der Waals surface area contributed by atoms with Gasteiger partial charge in [0.1, 0.15) is 0 Å². The monoisotopic (exact) mass is 301 g/mol. The quantitative estimate of drug-likeness (QED) is 0.913. The van der Waals surface area contributed by atoms with Crippen LogP contribution in [0.1, 0.15) is 25.7 Å². The lowest BCUT2D eigenvalue weighted by Gasteiger charge is -2.25. The lowest BCUT2D eigenvalue weighted by molar-refractivity contribution is 0.444. The van der Waals surface area contributed by atoms with E-state index in [0.29, 0.717) is 6.04 Å². The Bertz CT molecular complexity index is 388. The molecule has 1 aromatic rings. The zero-order chi connectivity index (χ0) is 11.5. The molecule has 1 fully saturated rings. The first-order chi connectivity index (χ1) is 7.68. The van der Waals surface area contributed by atoms with Crippen molar-refractivity contribution in [3.8, 4) is 0 Å². The fraction of sp³-hybridized carbons (Fsp3) is 0.500. The van der Waals surface area contributed by atoms with Crippen LogP contribution in [0.15, 0.2) is 33.6 Å². The predicted octanol–water partition coefficient (Wildman–Crippen LogP) is 2.83. The number of nitrogens with two attached hydrogens (primary N) is 1. The molecular formula is C12H16BrNOS. The van der Waals surface area contributed by atoms with Gasteiger partial charge in [-0.1, -0.05) is 12.1 Å². The third-order valence-electron chi connectivity index (χ3n) is 3.08. The molecule has 0 aliphatic heterocycles. The summed E-state index contributed by atoms with van der Waals surface area (Å²) in [6.45, 7) is 0. The molecule has 88 valence electrons. The van der Waals surface area contributed by atoms with E-state index in [1.165, 1.54) is 0 Å². The lowest BCUT2D eigenvalue weighted by atomic mass is 9.96. The standard InChI is InChI=1S/C12H16BrNOS/c13-11-3-1-2-4-12(11)16(15)10-7-5-9(14)6-8-10/h1-4,9-10H,5-8,14H2. The third-order valence-corrected chi connectivity index (χ3v) is 5.90. The Morgan fingerprint density at radius 3 is 2.44 bits per heavy atom. The molecule has 0 heterocycles. The Kier molecular flexibility index (Phi) is 4.16. The largest absolute Gasteiger partial charge is 0.328 e. The van der Waals surface area contributed by atoms with E-state index in [4.69, 9.17) is 5.73 Å². The summed E-state index contributed by atoms with van der Waals surface area (Å²) >= 11 is 3.46. The highest BCUT2D eigenvalue weighted by atomic mass is 79.9. The molecule has 1 aliphatic rings. The van der Waals surface area contributed by atoms with E-state index in [0.717, 1.165) is 35.1 Å². The Balaban J connectivity index is 2.11. The number of halogens is 1. The molecule has 1 unspecified atom stereocenters. The molecule has 1 atom stereocenters. The highest BCUT2D eigenvalue weighted by Crippen LogP contribution is 2.28. The van der Waals surface area contributed by atoms with Gasteiger partial charge in [0, 0.05) is 15.8 Å². The summed E-state index contributed by atoms with van der Waals surface area (Å²) in [4.78, 5) is 0.919. The van der Waals surface area contributed by atoms with E-state index in [2.05, 4.69) is 15.9 Å². The maximum Gasteiger partial charge on any atom is 0.0572 e. The average molecular weight is 302 g/mol. The molecule has 2 rings (SSSR count). The van der Waals surface area contributed by atoms with E-state index < -0.39 is 10.8 Å². The molecule has 0 bridgehead atoms. The van der Waals surface area contributed by atoms with Crippen molar-refractivity contribution in [2.24, 2.45) is 5.73 Å². The van der Waals surface area contributed by atoms with Crippen molar-refractivity contribution >= 4 is 26.7 Å². The van der Waals surface area contributed by atoms with Crippen LogP contribution < -0.4 is 5.73 Å². The summed E-state index contributed by atoms with van der Waals surface area (Å²) < 4.78 is 13.3. The van der Waals surface area contributed by atoms with Crippen molar-refractivity contribution in [3.05, 3.63) is 28.7 Å². The van der Waals surface area contributed by atoms with Crippen LogP contribution in [0.4, 0.5) is 0 Å². The first kappa shape index (κ1) is 12.3. The first-order valence-electron chi connectivity index (χ1n) is 5.59. The summed E-state index contributed by atoms with van der Waals surface area (Å²) in [7, 11) is -0.899. The Labute approximate surface area is 107 Å². The van der Waals surface area contributed by atoms with Gasteiger partial charge in [0.25, 0.3) is 0 Å². The number of rotatable bonds is 2. The second-order valence-electron chi connectivity index (χ2n) is 4.26. The van der Waals surface area contributed by atoms with Gasteiger partial charge in [0.2, 0.25) is 0 Å². The summed E-state index contributed by atoms with van der Waals surface area (Å²) in [5, 5.41) is 0.276. The van der Waals surface area contributed by atoms with E-state index in [9.17, 15) is 4.21 Å². The van der Waals surface area contributed by atoms with E-state index in [1.54, 1.807) is 0 Å². The van der Waals surface area contributed by atoms with Crippen molar-refractivity contribution in [2.75, 3.05) is 0 Å². The molecule has 0 saturated heterocycles. The van der Waals surface area contributed by atoms with Crippen LogP contribution >= 0.6 is 15.9 Å². The predicted molar refractivity (Wildman–Crippen MR) is 70.8 cm³/mol. The van der Waals surface area contributed by atoms with Crippen molar-refractivity contribution in [1.82, 2.24) is 0 Å². The van der Waals surface area contributed by atoms with Gasteiger partial charge < -0.3 is 5.73 Å². The molecule has 0 amide bonds. The van der Waals surface area contributed by atoms with E-state index >= 15 is 0 Å². The number of benzene rings is 1. The third kappa shape index (κ3) is 2.73. The minimum atomic E-state index is -0.899. The minimum absolute atomic E-state index is 0.276. The molecule has 0 aromatic heterocycles. The zero-order valence-corrected chi connectivity index (χ0v) is 11.5. The van der Waals surface area contributed by atoms with Crippen molar-refractivity contribution in [3.63, 3.8) is 0 Å². The van der Waals surface area contributed by atoms with Gasteiger partial charge in [-0.15, -0.1) is 0 Å². The van der Waals surface area contributed by atoms with Gasteiger partial charge in [-0.3, -0.25) is 4.21 Å². The van der Waals surface area contributed by atoms with E-state index in [1.807, 2.05) is 24.3 Å². The maximum atomic E-state index is 12.4. The minimum Gasteiger partial charge on any atom is -0.328 e. The van der Waals surface area contributed by atoms with Crippen molar-refractivity contribution < 1.29 is 4.21 Å². The maximum absolute atomic E-state index is 12.4. The highest BCUT2D eigenvalue weighted by Gasteiger charge is 2.25. The number of hydrogen-bond donors (Lipinski definition) is 1. The van der Waals surface area contributed by atoms with Crippen LogP contribution in [-0.2, 0) is 10.8 Å². The van der Waals surface area contributed by atoms with Crippen molar-refractivity contribution in [1.29, 1.82) is 0 Å². The molecule has 2 N–H and O–H groups in total. The van der Waals surface area contributed by atoms with Gasteiger partial charge in [0.05, 0.1) is 15.7 Å². The van der Waals surface area contributed by atoms with Gasteiger partial charge in [-0.25, -0.2) is 0 Å². The molecule has 1 aromatic carbocycles. The summed E-state index contributed by atoms with van der Waals surface area (Å²) in [5.74, 6) is 0. The second-order valence-corrected chi connectivity index (χ2v) is 6.82. The molecule has 4 heteroatoms. The van der Waals surface area contributed by atoms with Gasteiger partial charge in [-0.05, 0) is 53.7 Å². The number of hydrogen-bond acceptors (Lipinski definition) is 2. The van der Waals surface area contributed by atoms with Gasteiger partial charge in [-0.2, -0.15) is 0 Å². The average Bonchev–Trinajstić information content (AvgIpc) is 2.30. The smallest absolute Gasteiger partial charge is 0.0572 e. The fourth-order valence-electron chi connectivity index (χ4n) is 2.09. The van der Waals surface area contributed by atoms with Crippen LogP contribution in [0.3, 0.4) is 0 Å². The lowest BCUT2D eigenvalue weighted by Crippen LogP contribution is -2.31. The topological polar surface area (TPSA) is 43.1 Å². The molecule has 16 heavy (non-hydrogen) atoms. The molecular weight excluding hydrogens is 286 g/mol. The molecule has 1 aliphatic carbocycles. The van der Waals surface area contributed by atoms with Crippen molar-refractivity contribution in [2.45, 2.75) is 41.9 Å². The highest BCUT2D eigenvalue weighted by molar-refractivity contribution is 9.10. The Hall–Kier alpha value is -0.190. The van der Waals surface area contributed by atoms with Crippen LogP contribution in [-0.4, -0.2) is 15.5 Å². The molecule has 2 nitrogen and oxygen atoms in total. The van der Waals surface area contributed by atoms with Gasteiger partial charge >= 0.3 is 0 Å². The second kappa shape index (κ2) is 5.43. The molecule has 0 radical (unpaired) electrons. The summed E-state index contributed by atoms with van der Waals surface area (Å²) in [6, 6.07) is 8.08. The fourth-order valence-corrected chi connectivity index (χ4v) is 4.39. The van der Waals surface area contributed by atoms with Crippen LogP contribution in [0.25, 0.3) is 0 Å². The summed E-state index contributed by atoms with van der Waals surface area (Å²) in [5.41, 5.74) is 5.86. The summed E-state index contributed by atoms with van der Waals surface area (Å²) in [6.07, 6.45) is 3.96.